The zero-order valence-corrected chi connectivity index (χ0v) is 18.7. The quantitative estimate of drug-likeness (QED) is 0.344. The van der Waals surface area contributed by atoms with Crippen molar-refractivity contribution in [2.24, 2.45) is 5.73 Å². The van der Waals surface area contributed by atoms with Crippen molar-refractivity contribution in [3.8, 4) is 0 Å². The number of hydrogen-bond acceptors (Lipinski definition) is 6. The number of nitrogens with zero attached hydrogens (tertiary/aromatic N) is 2. The van der Waals surface area contributed by atoms with Gasteiger partial charge in [0.05, 0.1) is 33.5 Å². The summed E-state index contributed by atoms with van der Waals surface area (Å²) in [5.41, 5.74) is 6.47. The molecule has 1 aliphatic rings. The van der Waals surface area contributed by atoms with E-state index in [-0.39, 0.29) is 25.2 Å². The summed E-state index contributed by atoms with van der Waals surface area (Å²) in [6, 6.07) is 7.31. The van der Waals surface area contributed by atoms with Gasteiger partial charge in [0.25, 0.3) is 0 Å². The Labute approximate surface area is 184 Å². The highest BCUT2D eigenvalue weighted by atomic mass is 35.5. The van der Waals surface area contributed by atoms with Crippen LogP contribution in [0, 0.1) is 0 Å². The maximum absolute atomic E-state index is 12.8. The van der Waals surface area contributed by atoms with Crippen LogP contribution < -0.4 is 5.73 Å². The summed E-state index contributed by atoms with van der Waals surface area (Å²) in [7, 11) is 3.25. The van der Waals surface area contributed by atoms with E-state index in [0.29, 0.717) is 29.6 Å². The normalized spacial score (nSPS) is 17.0. The first kappa shape index (κ1) is 24.2. The first-order chi connectivity index (χ1) is 14.5. The second kappa shape index (κ2) is 12.6. The van der Waals surface area contributed by atoms with Crippen molar-refractivity contribution in [2.75, 3.05) is 53.7 Å². The molecule has 0 aliphatic carbocycles. The first-order valence-electron chi connectivity index (χ1n) is 10.0. The molecule has 1 amide bonds. The van der Waals surface area contributed by atoms with Crippen molar-refractivity contribution in [3.63, 3.8) is 0 Å². The van der Waals surface area contributed by atoms with Gasteiger partial charge in [-0.1, -0.05) is 23.7 Å². The second-order valence-corrected chi connectivity index (χ2v) is 7.33. The minimum absolute atomic E-state index is 0.0538. The highest BCUT2D eigenvalue weighted by Gasteiger charge is 2.24. The molecule has 1 saturated heterocycles. The molecule has 8 heteroatoms. The average Bonchev–Trinajstić information content (AvgIpc) is 2.77. The topological polar surface area (TPSA) is 77.3 Å². The van der Waals surface area contributed by atoms with Crippen LogP contribution in [-0.2, 0) is 19.0 Å². The monoisotopic (exact) mass is 437 g/mol. The van der Waals surface area contributed by atoms with Gasteiger partial charge >= 0.3 is 0 Å². The van der Waals surface area contributed by atoms with Gasteiger partial charge in [0.2, 0.25) is 5.91 Å². The molecule has 0 aromatic heterocycles. The van der Waals surface area contributed by atoms with Crippen molar-refractivity contribution < 1.29 is 19.0 Å². The standard InChI is InChI=1S/C22H32ClN3O4/c1-4-19(28-2)20(29-3)9-10-25-11-13-26(14-12-25)22(27)15-21(30-16-24)17-5-7-18(23)8-6-17/h4-9,21H,10-16,24H2,1-3H3/b19-4+,20-9+. The van der Waals surface area contributed by atoms with E-state index in [1.807, 2.05) is 36.1 Å². The van der Waals surface area contributed by atoms with Crippen LogP contribution in [0.4, 0.5) is 0 Å². The molecule has 0 spiro atoms. The van der Waals surface area contributed by atoms with Crippen molar-refractivity contribution in [1.29, 1.82) is 0 Å². The number of nitrogens with two attached hydrogens (primary N) is 1. The van der Waals surface area contributed by atoms with E-state index in [9.17, 15) is 4.79 Å². The lowest BCUT2D eigenvalue weighted by Crippen LogP contribution is -2.49. The fourth-order valence-corrected chi connectivity index (χ4v) is 3.52. The molecular formula is C22H32ClN3O4. The van der Waals surface area contributed by atoms with E-state index < -0.39 is 0 Å². The van der Waals surface area contributed by atoms with Crippen molar-refractivity contribution >= 4 is 17.5 Å². The first-order valence-corrected chi connectivity index (χ1v) is 10.4. The SMILES string of the molecule is C/C=C(OC)\C(=C/CN1CCN(C(=O)CC(OCN)c2ccc(Cl)cc2)CC1)OC. The zero-order chi connectivity index (χ0) is 21.9. The van der Waals surface area contributed by atoms with Gasteiger partial charge in [0.1, 0.15) is 0 Å². The Kier molecular flexibility index (Phi) is 10.2. The molecule has 166 valence electrons. The van der Waals surface area contributed by atoms with E-state index in [1.54, 1.807) is 26.4 Å². The van der Waals surface area contributed by atoms with Crippen LogP contribution in [0.25, 0.3) is 0 Å². The molecule has 1 aliphatic heterocycles. The second-order valence-electron chi connectivity index (χ2n) is 6.89. The molecular weight excluding hydrogens is 406 g/mol. The number of piperazine rings is 1. The largest absolute Gasteiger partial charge is 0.493 e. The molecule has 0 bridgehead atoms. The third kappa shape index (κ3) is 7.02. The number of benzene rings is 1. The number of allylic oxidation sites excluding steroid dienone is 1. The van der Waals surface area contributed by atoms with Gasteiger partial charge in [-0.05, 0) is 36.8 Å². The van der Waals surface area contributed by atoms with Crippen molar-refractivity contribution in [3.05, 3.63) is 58.5 Å². The van der Waals surface area contributed by atoms with Gasteiger partial charge in [-0.2, -0.15) is 0 Å². The molecule has 2 rings (SSSR count). The molecule has 1 aromatic carbocycles. The molecule has 30 heavy (non-hydrogen) atoms. The fourth-order valence-electron chi connectivity index (χ4n) is 3.39. The number of hydrogen-bond donors (Lipinski definition) is 1. The molecule has 2 N–H and O–H groups in total. The predicted molar refractivity (Wildman–Crippen MR) is 118 cm³/mol. The van der Waals surface area contributed by atoms with Crippen LogP contribution >= 0.6 is 11.6 Å². The fraction of sp³-hybridized carbons (Fsp3) is 0.500. The molecule has 1 atom stereocenters. The predicted octanol–water partition coefficient (Wildman–Crippen LogP) is 2.93. The number of methoxy groups -OCH3 is 2. The van der Waals surface area contributed by atoms with Crippen LogP contribution in [0.1, 0.15) is 25.0 Å². The summed E-state index contributed by atoms with van der Waals surface area (Å²) < 4.78 is 16.3. The Morgan fingerprint density at radius 1 is 1.13 bits per heavy atom. The maximum atomic E-state index is 12.8. The Morgan fingerprint density at radius 3 is 2.30 bits per heavy atom. The number of carbonyl (C=O) groups excluding carboxylic acids is 1. The van der Waals surface area contributed by atoms with E-state index in [1.165, 1.54) is 0 Å². The molecule has 1 aromatic rings. The van der Waals surface area contributed by atoms with Gasteiger partial charge in [0.15, 0.2) is 11.5 Å². The lowest BCUT2D eigenvalue weighted by molar-refractivity contribution is -0.136. The third-order valence-electron chi connectivity index (χ3n) is 5.10. The van der Waals surface area contributed by atoms with Crippen LogP contribution in [0.2, 0.25) is 5.02 Å². The summed E-state index contributed by atoms with van der Waals surface area (Å²) in [6.45, 7) is 5.62. The van der Waals surface area contributed by atoms with Crippen molar-refractivity contribution in [2.45, 2.75) is 19.4 Å². The van der Waals surface area contributed by atoms with Gasteiger partial charge in [-0.15, -0.1) is 0 Å². The minimum atomic E-state index is -0.377. The molecule has 1 unspecified atom stereocenters. The molecule has 1 fully saturated rings. The average molecular weight is 438 g/mol. The Balaban J connectivity index is 1.89. The molecule has 0 saturated carbocycles. The van der Waals surface area contributed by atoms with Gasteiger partial charge in [0, 0.05) is 37.7 Å². The maximum Gasteiger partial charge on any atom is 0.225 e. The van der Waals surface area contributed by atoms with Crippen LogP contribution in [0.5, 0.6) is 0 Å². The van der Waals surface area contributed by atoms with Crippen LogP contribution in [-0.4, -0.2) is 69.4 Å². The van der Waals surface area contributed by atoms with Gasteiger partial charge in [-0.3, -0.25) is 9.69 Å². The lowest BCUT2D eigenvalue weighted by Gasteiger charge is -2.35. The smallest absolute Gasteiger partial charge is 0.225 e. The van der Waals surface area contributed by atoms with E-state index >= 15 is 0 Å². The van der Waals surface area contributed by atoms with Gasteiger partial charge in [-0.25, -0.2) is 0 Å². The number of rotatable bonds is 10. The van der Waals surface area contributed by atoms with Crippen LogP contribution in [0.15, 0.2) is 47.9 Å². The Hall–Kier alpha value is -2.06. The third-order valence-corrected chi connectivity index (χ3v) is 5.36. The number of ether oxygens (including phenoxy) is 3. The summed E-state index contributed by atoms with van der Waals surface area (Å²) in [5.74, 6) is 1.48. The highest BCUT2D eigenvalue weighted by molar-refractivity contribution is 6.30. The van der Waals surface area contributed by atoms with E-state index in [4.69, 9.17) is 31.5 Å². The number of carbonyl (C=O) groups is 1. The summed E-state index contributed by atoms with van der Waals surface area (Å²) in [4.78, 5) is 17.0. The molecule has 0 radical (unpaired) electrons. The Bertz CT molecular complexity index is 728. The minimum Gasteiger partial charge on any atom is -0.493 e. The molecule has 7 nitrogen and oxygen atoms in total. The molecule has 1 heterocycles. The highest BCUT2D eigenvalue weighted by Crippen LogP contribution is 2.24. The zero-order valence-electron chi connectivity index (χ0n) is 18.0. The summed E-state index contributed by atoms with van der Waals surface area (Å²) >= 11 is 5.96. The summed E-state index contributed by atoms with van der Waals surface area (Å²) in [5, 5.41) is 0.644. The van der Waals surface area contributed by atoms with Crippen LogP contribution in [0.3, 0.4) is 0 Å². The van der Waals surface area contributed by atoms with Gasteiger partial charge < -0.3 is 24.8 Å². The van der Waals surface area contributed by atoms with E-state index in [0.717, 1.165) is 25.2 Å². The lowest BCUT2D eigenvalue weighted by atomic mass is 10.1. The number of halogens is 1. The van der Waals surface area contributed by atoms with E-state index in [2.05, 4.69) is 4.90 Å². The summed E-state index contributed by atoms with van der Waals surface area (Å²) in [6.07, 6.45) is 3.75. The number of amides is 1. The Morgan fingerprint density at radius 2 is 1.77 bits per heavy atom. The van der Waals surface area contributed by atoms with Crippen molar-refractivity contribution in [1.82, 2.24) is 9.80 Å².